The van der Waals surface area contributed by atoms with Crippen LogP contribution in [0.5, 0.6) is 11.5 Å². The molecule has 1 saturated heterocycles. The molecule has 3 aromatic rings. The predicted octanol–water partition coefficient (Wildman–Crippen LogP) is 4.11. The zero-order chi connectivity index (χ0) is 24.8. The maximum absolute atomic E-state index is 12.9. The van der Waals surface area contributed by atoms with Crippen LogP contribution in [-0.4, -0.2) is 36.5 Å². The van der Waals surface area contributed by atoms with Crippen LogP contribution in [0.1, 0.15) is 16.7 Å². The first-order valence-corrected chi connectivity index (χ1v) is 11.0. The number of aryl methyl sites for hydroxylation is 1. The summed E-state index contributed by atoms with van der Waals surface area (Å²) < 4.78 is 11.2. The highest BCUT2D eigenvalue weighted by molar-refractivity contribution is 6.14. The van der Waals surface area contributed by atoms with Crippen molar-refractivity contribution >= 4 is 29.6 Å². The zero-order valence-electron chi connectivity index (χ0n) is 19.4. The number of hydrogen-bond donors (Lipinski definition) is 2. The van der Waals surface area contributed by atoms with E-state index in [-0.39, 0.29) is 30.5 Å². The number of nitrogens with one attached hydrogen (secondary N) is 2. The summed E-state index contributed by atoms with van der Waals surface area (Å²) in [7, 11) is 1.48. The van der Waals surface area contributed by atoms with Crippen LogP contribution in [0.25, 0.3) is 6.08 Å². The van der Waals surface area contributed by atoms with Crippen LogP contribution in [0.2, 0.25) is 0 Å². The van der Waals surface area contributed by atoms with Crippen LogP contribution in [0, 0.1) is 6.92 Å². The summed E-state index contributed by atoms with van der Waals surface area (Å²) in [6, 6.07) is 21.3. The molecule has 0 aromatic heterocycles. The Kier molecular flexibility index (Phi) is 7.11. The molecule has 1 aliphatic heterocycles. The Bertz CT molecular complexity index is 1270. The van der Waals surface area contributed by atoms with Crippen LogP contribution in [-0.2, 0) is 16.1 Å². The fourth-order valence-corrected chi connectivity index (χ4v) is 3.57. The number of ether oxygens (including phenoxy) is 2. The molecule has 35 heavy (non-hydrogen) atoms. The van der Waals surface area contributed by atoms with Crippen molar-refractivity contribution < 1.29 is 23.9 Å². The highest BCUT2D eigenvalue weighted by Crippen LogP contribution is 2.33. The van der Waals surface area contributed by atoms with Gasteiger partial charge in [0.15, 0.2) is 18.1 Å². The normalized spacial score (nSPS) is 14.1. The number of imide groups is 1. The SMILES string of the molecule is COc1cccc(/C=C2/NC(=O)N(Cc3ccccc3)C2=O)c1OCC(=O)Nc1ccc(C)cc1. The number of para-hydroxylation sites is 1. The Morgan fingerprint density at radius 3 is 2.46 bits per heavy atom. The zero-order valence-corrected chi connectivity index (χ0v) is 19.4. The lowest BCUT2D eigenvalue weighted by atomic mass is 10.1. The number of anilines is 1. The Morgan fingerprint density at radius 1 is 1.00 bits per heavy atom. The fourth-order valence-electron chi connectivity index (χ4n) is 3.57. The smallest absolute Gasteiger partial charge is 0.329 e. The first kappa shape index (κ1) is 23.6. The fraction of sp³-hybridized carbons (Fsp3) is 0.148. The molecule has 0 saturated carbocycles. The van der Waals surface area contributed by atoms with E-state index >= 15 is 0 Å². The van der Waals surface area contributed by atoms with Gasteiger partial charge >= 0.3 is 6.03 Å². The molecule has 1 fully saturated rings. The molecule has 8 nitrogen and oxygen atoms in total. The minimum Gasteiger partial charge on any atom is -0.493 e. The third kappa shape index (κ3) is 5.67. The maximum Gasteiger partial charge on any atom is 0.329 e. The number of rotatable bonds is 8. The molecular weight excluding hydrogens is 446 g/mol. The van der Waals surface area contributed by atoms with Gasteiger partial charge in [-0.15, -0.1) is 0 Å². The highest BCUT2D eigenvalue weighted by atomic mass is 16.5. The average molecular weight is 472 g/mol. The van der Waals surface area contributed by atoms with Gasteiger partial charge in [0.2, 0.25) is 0 Å². The molecule has 2 N–H and O–H groups in total. The van der Waals surface area contributed by atoms with E-state index in [1.165, 1.54) is 13.2 Å². The summed E-state index contributed by atoms with van der Waals surface area (Å²) >= 11 is 0. The lowest BCUT2D eigenvalue weighted by Crippen LogP contribution is -2.30. The van der Waals surface area contributed by atoms with Gasteiger partial charge in [0.25, 0.3) is 11.8 Å². The van der Waals surface area contributed by atoms with Gasteiger partial charge in [-0.25, -0.2) is 4.79 Å². The molecule has 0 aliphatic carbocycles. The van der Waals surface area contributed by atoms with Crippen LogP contribution in [0.3, 0.4) is 0 Å². The first-order valence-electron chi connectivity index (χ1n) is 11.0. The molecule has 0 unspecified atom stereocenters. The third-order valence-corrected chi connectivity index (χ3v) is 5.36. The quantitative estimate of drug-likeness (QED) is 0.381. The van der Waals surface area contributed by atoms with E-state index in [9.17, 15) is 14.4 Å². The Labute approximate surface area is 203 Å². The van der Waals surface area contributed by atoms with Crippen molar-refractivity contribution in [2.24, 2.45) is 0 Å². The lowest BCUT2D eigenvalue weighted by Gasteiger charge is -2.14. The van der Waals surface area contributed by atoms with E-state index in [0.29, 0.717) is 17.0 Å². The van der Waals surface area contributed by atoms with E-state index in [1.807, 2.05) is 61.5 Å². The van der Waals surface area contributed by atoms with E-state index in [4.69, 9.17) is 9.47 Å². The number of carbonyl (C=O) groups is 3. The Balaban J connectivity index is 1.51. The van der Waals surface area contributed by atoms with Crippen molar-refractivity contribution in [2.75, 3.05) is 19.0 Å². The highest BCUT2D eigenvalue weighted by Gasteiger charge is 2.33. The molecule has 8 heteroatoms. The number of amides is 4. The number of carbonyl (C=O) groups excluding carboxylic acids is 3. The summed E-state index contributed by atoms with van der Waals surface area (Å²) in [4.78, 5) is 38.9. The van der Waals surface area contributed by atoms with E-state index < -0.39 is 11.9 Å². The number of hydrogen-bond acceptors (Lipinski definition) is 5. The van der Waals surface area contributed by atoms with Crippen molar-refractivity contribution in [1.82, 2.24) is 10.2 Å². The second kappa shape index (κ2) is 10.6. The first-order chi connectivity index (χ1) is 16.9. The average Bonchev–Trinajstić information content (AvgIpc) is 3.12. The number of nitrogens with zero attached hydrogens (tertiary/aromatic N) is 1. The number of methoxy groups -OCH3 is 1. The minimum absolute atomic E-state index is 0.105. The van der Waals surface area contributed by atoms with E-state index in [1.54, 1.807) is 18.2 Å². The second-order valence-electron chi connectivity index (χ2n) is 7.95. The molecule has 4 rings (SSSR count). The van der Waals surface area contributed by atoms with Gasteiger partial charge in [0, 0.05) is 11.3 Å². The molecule has 0 spiro atoms. The van der Waals surface area contributed by atoms with Crippen molar-refractivity contribution in [1.29, 1.82) is 0 Å². The van der Waals surface area contributed by atoms with Crippen molar-refractivity contribution in [2.45, 2.75) is 13.5 Å². The largest absolute Gasteiger partial charge is 0.493 e. The summed E-state index contributed by atoms with van der Waals surface area (Å²) in [6.07, 6.45) is 1.51. The second-order valence-corrected chi connectivity index (χ2v) is 7.95. The van der Waals surface area contributed by atoms with Gasteiger partial charge in [-0.3, -0.25) is 14.5 Å². The van der Waals surface area contributed by atoms with Crippen molar-refractivity contribution in [3.63, 3.8) is 0 Å². The van der Waals surface area contributed by atoms with Crippen LogP contribution in [0.4, 0.5) is 10.5 Å². The monoisotopic (exact) mass is 471 g/mol. The summed E-state index contributed by atoms with van der Waals surface area (Å²) in [5.74, 6) is -0.132. The van der Waals surface area contributed by atoms with Crippen molar-refractivity contribution in [3.05, 3.63) is 95.2 Å². The van der Waals surface area contributed by atoms with E-state index in [0.717, 1.165) is 16.0 Å². The lowest BCUT2D eigenvalue weighted by molar-refractivity contribution is -0.123. The van der Waals surface area contributed by atoms with Gasteiger partial charge in [0.05, 0.1) is 13.7 Å². The van der Waals surface area contributed by atoms with Crippen LogP contribution >= 0.6 is 0 Å². The molecule has 0 radical (unpaired) electrons. The molecule has 0 bridgehead atoms. The molecule has 3 aromatic carbocycles. The van der Waals surface area contributed by atoms with Crippen LogP contribution < -0.4 is 20.1 Å². The van der Waals surface area contributed by atoms with Crippen molar-refractivity contribution in [3.8, 4) is 11.5 Å². The molecule has 4 amide bonds. The van der Waals surface area contributed by atoms with E-state index in [2.05, 4.69) is 10.6 Å². The molecule has 1 heterocycles. The van der Waals surface area contributed by atoms with Crippen LogP contribution in [0.15, 0.2) is 78.5 Å². The molecule has 1 aliphatic rings. The summed E-state index contributed by atoms with van der Waals surface area (Å²) in [5.41, 5.74) is 3.17. The number of benzene rings is 3. The van der Waals surface area contributed by atoms with Gasteiger partial charge < -0.3 is 20.1 Å². The maximum atomic E-state index is 12.9. The standard InChI is InChI=1S/C27H25N3O5/c1-18-11-13-21(14-12-18)28-24(31)17-35-25-20(9-6-10-23(25)34-2)15-22-26(32)30(27(33)29-22)16-19-7-4-3-5-8-19/h3-15H,16-17H2,1-2H3,(H,28,31)(H,29,33)/b22-15+. The molecule has 178 valence electrons. The predicted molar refractivity (Wildman–Crippen MR) is 132 cm³/mol. The topological polar surface area (TPSA) is 97.0 Å². The summed E-state index contributed by atoms with van der Waals surface area (Å²) in [5, 5.41) is 5.39. The van der Waals surface area contributed by atoms with Gasteiger partial charge in [0.1, 0.15) is 5.70 Å². The number of urea groups is 1. The van der Waals surface area contributed by atoms with Gasteiger partial charge in [-0.05, 0) is 36.8 Å². The molecule has 0 atom stereocenters. The molecular formula is C27H25N3O5. The van der Waals surface area contributed by atoms with Gasteiger partial charge in [-0.1, -0.05) is 60.2 Å². The Morgan fingerprint density at radius 2 is 1.74 bits per heavy atom. The minimum atomic E-state index is -0.507. The third-order valence-electron chi connectivity index (χ3n) is 5.36. The summed E-state index contributed by atoms with van der Waals surface area (Å²) in [6.45, 7) is 1.85. The Hall–Kier alpha value is -4.59. The van der Waals surface area contributed by atoms with Gasteiger partial charge in [-0.2, -0.15) is 0 Å².